The zero-order valence-corrected chi connectivity index (χ0v) is 11.1. The SMILES string of the molecule is COC(=O)CNc1ccccc1C(=O)c1ccccc1. The molecule has 0 aliphatic rings. The number of hydrogen-bond acceptors (Lipinski definition) is 4. The zero-order chi connectivity index (χ0) is 14.4. The van der Waals surface area contributed by atoms with Crippen molar-refractivity contribution in [3.05, 3.63) is 65.7 Å². The summed E-state index contributed by atoms with van der Waals surface area (Å²) in [6.07, 6.45) is 0. The van der Waals surface area contributed by atoms with Crippen molar-refractivity contribution in [3.8, 4) is 0 Å². The molecule has 4 heteroatoms. The Balaban J connectivity index is 2.24. The number of nitrogens with one attached hydrogen (secondary N) is 1. The van der Waals surface area contributed by atoms with Crippen molar-refractivity contribution in [1.29, 1.82) is 0 Å². The van der Waals surface area contributed by atoms with Crippen LogP contribution in [0.15, 0.2) is 54.6 Å². The van der Waals surface area contributed by atoms with Crippen LogP contribution in [0.1, 0.15) is 15.9 Å². The van der Waals surface area contributed by atoms with Gasteiger partial charge in [0.05, 0.1) is 7.11 Å². The molecule has 0 amide bonds. The van der Waals surface area contributed by atoms with Crippen LogP contribution in [0.2, 0.25) is 0 Å². The van der Waals surface area contributed by atoms with Crippen molar-refractivity contribution in [3.63, 3.8) is 0 Å². The Bertz CT molecular complexity index is 608. The highest BCUT2D eigenvalue weighted by Gasteiger charge is 2.13. The third-order valence-electron chi connectivity index (χ3n) is 2.86. The van der Waals surface area contributed by atoms with Crippen LogP contribution in [-0.4, -0.2) is 25.4 Å². The van der Waals surface area contributed by atoms with Crippen LogP contribution in [0.4, 0.5) is 5.69 Å². The van der Waals surface area contributed by atoms with Crippen molar-refractivity contribution in [2.45, 2.75) is 0 Å². The molecule has 4 nitrogen and oxygen atoms in total. The molecule has 0 fully saturated rings. The molecule has 0 saturated carbocycles. The summed E-state index contributed by atoms with van der Waals surface area (Å²) in [5, 5.41) is 2.92. The van der Waals surface area contributed by atoms with Gasteiger partial charge in [-0.05, 0) is 12.1 Å². The number of para-hydroxylation sites is 1. The number of hydrogen-bond donors (Lipinski definition) is 1. The van der Waals surface area contributed by atoms with Gasteiger partial charge in [-0.2, -0.15) is 0 Å². The van der Waals surface area contributed by atoms with Crippen molar-refractivity contribution in [1.82, 2.24) is 0 Å². The van der Waals surface area contributed by atoms with Crippen LogP contribution >= 0.6 is 0 Å². The van der Waals surface area contributed by atoms with Gasteiger partial charge in [-0.3, -0.25) is 9.59 Å². The van der Waals surface area contributed by atoms with Gasteiger partial charge < -0.3 is 10.1 Å². The lowest BCUT2D eigenvalue weighted by molar-refractivity contribution is -0.138. The van der Waals surface area contributed by atoms with E-state index in [9.17, 15) is 9.59 Å². The first-order valence-electron chi connectivity index (χ1n) is 6.22. The summed E-state index contributed by atoms with van der Waals surface area (Å²) in [7, 11) is 1.32. The Morgan fingerprint density at radius 1 is 1.00 bits per heavy atom. The molecular weight excluding hydrogens is 254 g/mol. The van der Waals surface area contributed by atoms with Gasteiger partial charge in [-0.1, -0.05) is 42.5 Å². The first kappa shape index (κ1) is 13.8. The van der Waals surface area contributed by atoms with Crippen molar-refractivity contribution < 1.29 is 14.3 Å². The molecule has 0 atom stereocenters. The Labute approximate surface area is 117 Å². The van der Waals surface area contributed by atoms with Gasteiger partial charge in [0.2, 0.25) is 0 Å². The van der Waals surface area contributed by atoms with Crippen molar-refractivity contribution in [2.75, 3.05) is 19.0 Å². The number of anilines is 1. The van der Waals surface area contributed by atoms with E-state index < -0.39 is 0 Å². The second-order valence-electron chi connectivity index (χ2n) is 4.17. The standard InChI is InChI=1S/C16H15NO3/c1-20-15(18)11-17-14-10-6-5-9-13(14)16(19)12-7-3-2-4-8-12/h2-10,17H,11H2,1H3. The Morgan fingerprint density at radius 3 is 2.35 bits per heavy atom. The molecule has 0 radical (unpaired) electrons. The minimum Gasteiger partial charge on any atom is -0.468 e. The first-order chi connectivity index (χ1) is 9.72. The quantitative estimate of drug-likeness (QED) is 0.669. The summed E-state index contributed by atoms with van der Waals surface area (Å²) in [6.45, 7) is 0.0234. The predicted molar refractivity (Wildman–Crippen MR) is 76.8 cm³/mol. The molecule has 0 unspecified atom stereocenters. The highest BCUT2D eigenvalue weighted by molar-refractivity contribution is 6.12. The van der Waals surface area contributed by atoms with Gasteiger partial charge in [0.1, 0.15) is 6.54 Å². The molecular formula is C16H15NO3. The van der Waals surface area contributed by atoms with Crippen molar-refractivity contribution in [2.24, 2.45) is 0 Å². The fourth-order valence-electron chi connectivity index (χ4n) is 1.82. The van der Waals surface area contributed by atoms with E-state index >= 15 is 0 Å². The predicted octanol–water partition coefficient (Wildman–Crippen LogP) is 2.50. The van der Waals surface area contributed by atoms with E-state index in [-0.39, 0.29) is 18.3 Å². The molecule has 1 N–H and O–H groups in total. The van der Waals surface area contributed by atoms with Gasteiger partial charge in [-0.25, -0.2) is 0 Å². The molecule has 2 aromatic carbocycles. The van der Waals surface area contributed by atoms with Gasteiger partial charge in [0.25, 0.3) is 0 Å². The summed E-state index contributed by atoms with van der Waals surface area (Å²) in [5.41, 5.74) is 1.76. The Kier molecular flexibility index (Phi) is 4.50. The third-order valence-corrected chi connectivity index (χ3v) is 2.86. The van der Waals surface area contributed by atoms with E-state index in [1.807, 2.05) is 18.2 Å². The highest BCUT2D eigenvalue weighted by Crippen LogP contribution is 2.19. The number of esters is 1. The maximum atomic E-state index is 12.4. The molecule has 0 aromatic heterocycles. The Morgan fingerprint density at radius 2 is 1.65 bits per heavy atom. The fraction of sp³-hybridized carbons (Fsp3) is 0.125. The number of benzene rings is 2. The van der Waals surface area contributed by atoms with Crippen LogP contribution < -0.4 is 5.32 Å². The van der Waals surface area contributed by atoms with Crippen LogP contribution in [0.5, 0.6) is 0 Å². The summed E-state index contributed by atoms with van der Waals surface area (Å²) < 4.78 is 4.57. The van der Waals surface area contributed by atoms with E-state index in [1.165, 1.54) is 7.11 Å². The lowest BCUT2D eigenvalue weighted by Crippen LogP contribution is -2.17. The number of carbonyl (C=O) groups is 2. The second kappa shape index (κ2) is 6.52. The normalized spacial score (nSPS) is 9.85. The number of ketones is 1. The smallest absolute Gasteiger partial charge is 0.325 e. The first-order valence-corrected chi connectivity index (χ1v) is 6.22. The molecule has 2 aromatic rings. The van der Waals surface area contributed by atoms with Crippen LogP contribution in [0.25, 0.3) is 0 Å². The largest absolute Gasteiger partial charge is 0.468 e. The average Bonchev–Trinajstić information content (AvgIpc) is 2.53. The molecule has 0 aliphatic heterocycles. The van der Waals surface area contributed by atoms with Gasteiger partial charge >= 0.3 is 5.97 Å². The molecule has 20 heavy (non-hydrogen) atoms. The summed E-state index contributed by atoms with van der Waals surface area (Å²) in [5.74, 6) is -0.467. The molecule has 0 spiro atoms. The molecule has 0 heterocycles. The minimum atomic E-state index is -0.382. The van der Waals surface area contributed by atoms with Crippen LogP contribution in [-0.2, 0) is 9.53 Å². The lowest BCUT2D eigenvalue weighted by atomic mass is 10.0. The topological polar surface area (TPSA) is 55.4 Å². The van der Waals surface area contributed by atoms with Gasteiger partial charge in [0.15, 0.2) is 5.78 Å². The minimum absolute atomic E-state index is 0.0234. The number of ether oxygens (including phenoxy) is 1. The molecule has 0 aliphatic carbocycles. The average molecular weight is 269 g/mol. The van der Waals surface area contributed by atoms with E-state index in [2.05, 4.69) is 10.1 Å². The molecule has 2 rings (SSSR count). The van der Waals surface area contributed by atoms with Crippen molar-refractivity contribution >= 4 is 17.4 Å². The summed E-state index contributed by atoms with van der Waals surface area (Å²) >= 11 is 0. The van der Waals surface area contributed by atoms with Gasteiger partial charge in [-0.15, -0.1) is 0 Å². The fourth-order valence-corrected chi connectivity index (χ4v) is 1.82. The maximum absolute atomic E-state index is 12.4. The highest BCUT2D eigenvalue weighted by atomic mass is 16.5. The third kappa shape index (κ3) is 3.23. The number of carbonyl (C=O) groups excluding carboxylic acids is 2. The maximum Gasteiger partial charge on any atom is 0.325 e. The summed E-state index contributed by atoms with van der Waals surface area (Å²) in [4.78, 5) is 23.6. The zero-order valence-electron chi connectivity index (χ0n) is 11.1. The summed E-state index contributed by atoms with van der Waals surface area (Å²) in [6, 6.07) is 16.1. The second-order valence-corrected chi connectivity index (χ2v) is 4.17. The number of rotatable bonds is 5. The van der Waals surface area contributed by atoms with Crippen LogP contribution in [0, 0.1) is 0 Å². The van der Waals surface area contributed by atoms with Crippen LogP contribution in [0.3, 0.4) is 0 Å². The monoisotopic (exact) mass is 269 g/mol. The lowest BCUT2D eigenvalue weighted by Gasteiger charge is -2.10. The number of methoxy groups -OCH3 is 1. The molecule has 0 saturated heterocycles. The van der Waals surface area contributed by atoms with E-state index in [4.69, 9.17) is 0 Å². The molecule has 102 valence electrons. The van der Waals surface area contributed by atoms with Gasteiger partial charge in [0, 0.05) is 16.8 Å². The van der Waals surface area contributed by atoms with E-state index in [0.717, 1.165) is 0 Å². The van der Waals surface area contributed by atoms with E-state index in [1.54, 1.807) is 36.4 Å². The van der Waals surface area contributed by atoms with E-state index in [0.29, 0.717) is 16.8 Å². The Hall–Kier alpha value is -2.62. The molecule has 0 bridgehead atoms.